The minimum absolute atomic E-state index is 0.0117. The first-order valence-corrected chi connectivity index (χ1v) is 8.78. The maximum absolute atomic E-state index is 13.8. The van der Waals surface area contributed by atoms with E-state index in [9.17, 15) is 13.6 Å². The van der Waals surface area contributed by atoms with Crippen LogP contribution < -0.4 is 4.90 Å². The molecule has 1 aromatic heterocycles. The third-order valence-electron chi connectivity index (χ3n) is 4.26. The summed E-state index contributed by atoms with van der Waals surface area (Å²) >= 11 is 1.27. The number of fused-ring (bicyclic) bond motifs is 1. The van der Waals surface area contributed by atoms with Crippen molar-refractivity contribution in [2.75, 3.05) is 31.1 Å². The van der Waals surface area contributed by atoms with E-state index in [-0.39, 0.29) is 11.4 Å². The van der Waals surface area contributed by atoms with E-state index in [1.807, 2.05) is 23.1 Å². The standard InChI is InChI=1S/C18H15F2N3OS/c19-13-10-14(20)16-15(11-13)25-18(21-16)23-8-6-22(7-9-23)17(24)12-4-2-1-3-5-12/h1-5,10-11H,6-9H2. The van der Waals surface area contributed by atoms with Crippen LogP contribution >= 0.6 is 11.3 Å². The van der Waals surface area contributed by atoms with Crippen LogP contribution in [0, 0.1) is 11.6 Å². The normalized spacial score (nSPS) is 15.0. The largest absolute Gasteiger partial charge is 0.345 e. The van der Waals surface area contributed by atoms with Crippen molar-refractivity contribution < 1.29 is 13.6 Å². The van der Waals surface area contributed by atoms with Gasteiger partial charge in [0, 0.05) is 37.8 Å². The Labute approximate surface area is 147 Å². The van der Waals surface area contributed by atoms with Crippen molar-refractivity contribution in [3.8, 4) is 0 Å². The molecule has 0 atom stereocenters. The molecule has 1 aliphatic rings. The first-order chi connectivity index (χ1) is 12.1. The van der Waals surface area contributed by atoms with Crippen molar-refractivity contribution in [1.29, 1.82) is 0 Å². The smallest absolute Gasteiger partial charge is 0.253 e. The number of hydrogen-bond donors (Lipinski definition) is 0. The second kappa shape index (κ2) is 6.40. The summed E-state index contributed by atoms with van der Waals surface area (Å²) in [7, 11) is 0. The average molecular weight is 359 g/mol. The number of rotatable bonds is 2. The zero-order valence-electron chi connectivity index (χ0n) is 13.3. The fourth-order valence-corrected chi connectivity index (χ4v) is 4.00. The van der Waals surface area contributed by atoms with Crippen LogP contribution in [0.3, 0.4) is 0 Å². The first-order valence-electron chi connectivity index (χ1n) is 7.97. The molecule has 1 saturated heterocycles. The zero-order valence-corrected chi connectivity index (χ0v) is 14.1. The van der Waals surface area contributed by atoms with Crippen molar-refractivity contribution >= 4 is 32.6 Å². The second-order valence-electron chi connectivity index (χ2n) is 5.88. The first kappa shape index (κ1) is 16.0. The van der Waals surface area contributed by atoms with Gasteiger partial charge >= 0.3 is 0 Å². The van der Waals surface area contributed by atoms with Crippen LogP contribution in [-0.2, 0) is 0 Å². The number of carbonyl (C=O) groups excluding carboxylic acids is 1. The van der Waals surface area contributed by atoms with E-state index in [1.165, 1.54) is 17.4 Å². The molecular weight excluding hydrogens is 344 g/mol. The summed E-state index contributed by atoms with van der Waals surface area (Å²) in [5.74, 6) is -1.23. The van der Waals surface area contributed by atoms with Gasteiger partial charge in [-0.25, -0.2) is 13.8 Å². The molecular formula is C18H15F2N3OS. The molecule has 0 spiro atoms. The predicted molar refractivity (Wildman–Crippen MR) is 94.1 cm³/mol. The van der Waals surface area contributed by atoms with E-state index in [1.54, 1.807) is 17.0 Å². The Morgan fingerprint density at radius 1 is 1.04 bits per heavy atom. The maximum atomic E-state index is 13.8. The summed E-state index contributed by atoms with van der Waals surface area (Å²) in [5.41, 5.74) is 0.873. The molecule has 25 heavy (non-hydrogen) atoms. The van der Waals surface area contributed by atoms with Crippen LogP contribution in [0.25, 0.3) is 10.2 Å². The van der Waals surface area contributed by atoms with Gasteiger partial charge in [0.25, 0.3) is 5.91 Å². The molecule has 4 nitrogen and oxygen atoms in total. The second-order valence-corrected chi connectivity index (χ2v) is 6.89. The highest BCUT2D eigenvalue weighted by molar-refractivity contribution is 7.22. The molecule has 2 heterocycles. The third-order valence-corrected chi connectivity index (χ3v) is 5.32. The van der Waals surface area contributed by atoms with E-state index in [0.717, 1.165) is 6.07 Å². The number of amides is 1. The average Bonchev–Trinajstić information content (AvgIpc) is 3.06. The van der Waals surface area contributed by atoms with Gasteiger partial charge in [-0.3, -0.25) is 4.79 Å². The topological polar surface area (TPSA) is 36.4 Å². The summed E-state index contributed by atoms with van der Waals surface area (Å²) in [6, 6.07) is 11.3. The van der Waals surface area contributed by atoms with E-state index in [0.29, 0.717) is 41.6 Å². The Morgan fingerprint density at radius 2 is 1.76 bits per heavy atom. The van der Waals surface area contributed by atoms with Crippen molar-refractivity contribution in [2.45, 2.75) is 0 Å². The molecule has 0 radical (unpaired) electrons. The summed E-state index contributed by atoms with van der Waals surface area (Å²) in [5, 5.41) is 0.659. The van der Waals surface area contributed by atoms with Crippen LogP contribution in [0.5, 0.6) is 0 Å². The number of piperazine rings is 1. The van der Waals surface area contributed by atoms with E-state index in [4.69, 9.17) is 0 Å². The Kier molecular flexibility index (Phi) is 4.09. The molecule has 3 aromatic rings. The van der Waals surface area contributed by atoms with E-state index in [2.05, 4.69) is 4.98 Å². The summed E-state index contributed by atoms with van der Waals surface area (Å²) < 4.78 is 27.6. The molecule has 2 aromatic carbocycles. The SMILES string of the molecule is O=C(c1ccccc1)N1CCN(c2nc3c(F)cc(F)cc3s2)CC1. The lowest BCUT2D eigenvalue weighted by Crippen LogP contribution is -2.48. The fraction of sp³-hybridized carbons (Fsp3) is 0.222. The molecule has 1 amide bonds. The monoisotopic (exact) mass is 359 g/mol. The highest BCUT2D eigenvalue weighted by Crippen LogP contribution is 2.31. The number of nitrogens with zero attached hydrogens (tertiary/aromatic N) is 3. The fourth-order valence-electron chi connectivity index (χ4n) is 2.94. The Balaban J connectivity index is 1.49. The summed E-state index contributed by atoms with van der Waals surface area (Å²) in [6.45, 7) is 2.37. The molecule has 1 aliphatic heterocycles. The molecule has 0 N–H and O–H groups in total. The van der Waals surface area contributed by atoms with Gasteiger partial charge in [0.2, 0.25) is 0 Å². The quantitative estimate of drug-likeness (QED) is 0.702. The minimum atomic E-state index is -0.643. The van der Waals surface area contributed by atoms with Gasteiger partial charge in [-0.05, 0) is 18.2 Å². The number of thiazole rings is 1. The lowest BCUT2D eigenvalue weighted by molar-refractivity contribution is 0.0747. The van der Waals surface area contributed by atoms with Gasteiger partial charge in [-0.2, -0.15) is 0 Å². The van der Waals surface area contributed by atoms with Crippen molar-refractivity contribution in [2.24, 2.45) is 0 Å². The lowest BCUT2D eigenvalue weighted by atomic mass is 10.2. The van der Waals surface area contributed by atoms with Gasteiger partial charge in [-0.1, -0.05) is 29.5 Å². The van der Waals surface area contributed by atoms with Gasteiger partial charge in [0.1, 0.15) is 11.3 Å². The summed E-state index contributed by atoms with van der Waals surface area (Å²) in [4.78, 5) is 20.6. The molecule has 0 bridgehead atoms. The number of anilines is 1. The van der Waals surface area contributed by atoms with Crippen LogP contribution in [0.2, 0.25) is 0 Å². The van der Waals surface area contributed by atoms with Gasteiger partial charge in [0.15, 0.2) is 10.9 Å². The number of aromatic nitrogens is 1. The Hall–Kier alpha value is -2.54. The highest BCUT2D eigenvalue weighted by atomic mass is 32.1. The van der Waals surface area contributed by atoms with Gasteiger partial charge in [0.05, 0.1) is 4.70 Å². The van der Waals surface area contributed by atoms with Crippen molar-refractivity contribution in [3.63, 3.8) is 0 Å². The molecule has 4 rings (SSSR count). The van der Waals surface area contributed by atoms with Crippen LogP contribution in [-0.4, -0.2) is 42.0 Å². The van der Waals surface area contributed by atoms with Crippen LogP contribution in [0.1, 0.15) is 10.4 Å². The molecule has 128 valence electrons. The molecule has 0 unspecified atom stereocenters. The molecule has 0 saturated carbocycles. The van der Waals surface area contributed by atoms with Crippen LogP contribution in [0.15, 0.2) is 42.5 Å². The number of hydrogen-bond acceptors (Lipinski definition) is 4. The highest BCUT2D eigenvalue weighted by Gasteiger charge is 2.24. The van der Waals surface area contributed by atoms with Gasteiger partial charge in [-0.15, -0.1) is 0 Å². The Morgan fingerprint density at radius 3 is 2.48 bits per heavy atom. The number of halogens is 2. The van der Waals surface area contributed by atoms with Gasteiger partial charge < -0.3 is 9.80 Å². The zero-order chi connectivity index (χ0) is 17.4. The van der Waals surface area contributed by atoms with E-state index >= 15 is 0 Å². The minimum Gasteiger partial charge on any atom is -0.345 e. The van der Waals surface area contributed by atoms with E-state index < -0.39 is 11.6 Å². The molecule has 7 heteroatoms. The third kappa shape index (κ3) is 3.07. The summed E-state index contributed by atoms with van der Waals surface area (Å²) in [6.07, 6.45) is 0. The van der Waals surface area contributed by atoms with Crippen LogP contribution in [0.4, 0.5) is 13.9 Å². The predicted octanol–water partition coefficient (Wildman–Crippen LogP) is 3.54. The van der Waals surface area contributed by atoms with Crippen molar-refractivity contribution in [1.82, 2.24) is 9.88 Å². The number of carbonyl (C=O) groups is 1. The maximum Gasteiger partial charge on any atom is 0.253 e. The van der Waals surface area contributed by atoms with Crippen molar-refractivity contribution in [3.05, 3.63) is 59.7 Å². The number of benzene rings is 2. The molecule has 1 fully saturated rings. The molecule has 0 aliphatic carbocycles. The Bertz CT molecular complexity index is 921. The lowest BCUT2D eigenvalue weighted by Gasteiger charge is -2.34.